The van der Waals surface area contributed by atoms with E-state index in [9.17, 15) is 18.0 Å². The number of aromatic nitrogens is 1. The van der Waals surface area contributed by atoms with Crippen molar-refractivity contribution in [1.82, 2.24) is 10.3 Å². The molecule has 0 aliphatic rings. The molecule has 0 fully saturated rings. The Morgan fingerprint density at radius 3 is 2.82 bits per heavy atom. The molecule has 17 heavy (non-hydrogen) atoms. The summed E-state index contributed by atoms with van der Waals surface area (Å²) in [5.74, 6) is 0. The summed E-state index contributed by atoms with van der Waals surface area (Å²) in [6.07, 6.45) is -3.77. The zero-order chi connectivity index (χ0) is 12.7. The number of H-pyrrole nitrogens is 1. The maximum Gasteiger partial charge on any atom is 0.411 e. The van der Waals surface area contributed by atoms with Crippen LogP contribution in [0.3, 0.4) is 0 Å². The number of aromatic amines is 1. The molecular formula is C9H13F3N2O2S. The lowest BCUT2D eigenvalue weighted by molar-refractivity contribution is -0.173. The van der Waals surface area contributed by atoms with Gasteiger partial charge in [-0.3, -0.25) is 4.79 Å². The SMILES string of the molecule is O=c1[nH]c(CNCCCOCC(F)(F)F)cs1. The highest BCUT2D eigenvalue weighted by Crippen LogP contribution is 2.14. The normalized spacial score (nSPS) is 11.9. The van der Waals surface area contributed by atoms with E-state index in [1.165, 1.54) is 0 Å². The highest BCUT2D eigenvalue weighted by Gasteiger charge is 2.27. The van der Waals surface area contributed by atoms with Gasteiger partial charge in [0.25, 0.3) is 0 Å². The molecule has 2 N–H and O–H groups in total. The molecule has 1 rings (SSSR count). The minimum absolute atomic E-state index is 0.0622. The van der Waals surface area contributed by atoms with Crippen LogP contribution in [0.2, 0.25) is 0 Å². The van der Waals surface area contributed by atoms with Crippen LogP contribution in [0.1, 0.15) is 12.1 Å². The summed E-state index contributed by atoms with van der Waals surface area (Å²) in [5, 5.41) is 4.69. The van der Waals surface area contributed by atoms with Crippen LogP contribution < -0.4 is 10.2 Å². The van der Waals surface area contributed by atoms with Gasteiger partial charge in [-0.2, -0.15) is 13.2 Å². The minimum atomic E-state index is -4.26. The number of nitrogens with one attached hydrogen (secondary N) is 2. The fraction of sp³-hybridized carbons (Fsp3) is 0.667. The fourth-order valence-corrected chi connectivity index (χ4v) is 1.69. The summed E-state index contributed by atoms with van der Waals surface area (Å²) >= 11 is 1.08. The summed E-state index contributed by atoms with van der Waals surface area (Å²) in [4.78, 5) is 13.3. The van der Waals surface area contributed by atoms with Gasteiger partial charge >= 0.3 is 11.0 Å². The zero-order valence-corrected chi connectivity index (χ0v) is 9.79. The summed E-state index contributed by atoms with van der Waals surface area (Å²) in [6, 6.07) is 0. The third kappa shape index (κ3) is 7.14. The van der Waals surface area contributed by atoms with E-state index in [-0.39, 0.29) is 11.5 Å². The average molecular weight is 270 g/mol. The first-order chi connectivity index (χ1) is 7.97. The van der Waals surface area contributed by atoms with Crippen LogP contribution in [0.15, 0.2) is 10.2 Å². The van der Waals surface area contributed by atoms with Gasteiger partial charge in [0, 0.05) is 24.2 Å². The third-order valence-electron chi connectivity index (χ3n) is 1.79. The predicted molar refractivity (Wildman–Crippen MR) is 58.1 cm³/mol. The smallest absolute Gasteiger partial charge is 0.372 e. The van der Waals surface area contributed by atoms with Crippen LogP contribution in [0.25, 0.3) is 0 Å². The van der Waals surface area contributed by atoms with Gasteiger partial charge in [0.05, 0.1) is 0 Å². The summed E-state index contributed by atoms with van der Waals surface area (Å²) < 4.78 is 39.5. The van der Waals surface area contributed by atoms with Crippen LogP contribution in [-0.2, 0) is 11.3 Å². The van der Waals surface area contributed by atoms with Crippen molar-refractivity contribution >= 4 is 11.3 Å². The lowest BCUT2D eigenvalue weighted by Crippen LogP contribution is -2.20. The minimum Gasteiger partial charge on any atom is -0.372 e. The van der Waals surface area contributed by atoms with Crippen molar-refractivity contribution in [2.45, 2.75) is 19.1 Å². The van der Waals surface area contributed by atoms with Crippen molar-refractivity contribution in [3.63, 3.8) is 0 Å². The second-order valence-corrected chi connectivity index (χ2v) is 4.21. The van der Waals surface area contributed by atoms with E-state index < -0.39 is 12.8 Å². The standard InChI is InChI=1S/C9H13F3N2O2S/c10-9(11,12)6-16-3-1-2-13-4-7-5-17-8(15)14-7/h5,13H,1-4,6H2,(H,14,15). The number of ether oxygens (including phenoxy) is 1. The van der Waals surface area contributed by atoms with E-state index in [4.69, 9.17) is 0 Å². The Hall–Kier alpha value is -0.860. The van der Waals surface area contributed by atoms with Gasteiger partial charge in [-0.1, -0.05) is 11.3 Å². The molecule has 0 radical (unpaired) electrons. The Bertz CT molecular complexity index is 375. The van der Waals surface area contributed by atoms with Gasteiger partial charge in [-0.05, 0) is 13.0 Å². The largest absolute Gasteiger partial charge is 0.411 e. The Morgan fingerprint density at radius 1 is 1.47 bits per heavy atom. The van der Waals surface area contributed by atoms with Gasteiger partial charge in [0.2, 0.25) is 0 Å². The van der Waals surface area contributed by atoms with Crippen molar-refractivity contribution in [1.29, 1.82) is 0 Å². The Kier molecular flexibility index (Phi) is 5.66. The molecule has 0 atom stereocenters. The molecule has 4 nitrogen and oxygen atoms in total. The molecule has 0 saturated carbocycles. The highest BCUT2D eigenvalue weighted by atomic mass is 32.1. The van der Waals surface area contributed by atoms with Crippen molar-refractivity contribution in [3.05, 3.63) is 20.7 Å². The number of hydrogen-bond acceptors (Lipinski definition) is 4. The average Bonchev–Trinajstić information content (AvgIpc) is 2.61. The van der Waals surface area contributed by atoms with E-state index in [2.05, 4.69) is 15.0 Å². The molecule has 1 aromatic heterocycles. The lowest BCUT2D eigenvalue weighted by atomic mass is 10.4. The Morgan fingerprint density at radius 2 is 2.24 bits per heavy atom. The topological polar surface area (TPSA) is 54.1 Å². The summed E-state index contributed by atoms with van der Waals surface area (Å²) in [5.41, 5.74) is 0.774. The first-order valence-electron chi connectivity index (χ1n) is 4.99. The quantitative estimate of drug-likeness (QED) is 0.738. The number of thiazole rings is 1. The van der Waals surface area contributed by atoms with E-state index in [1.54, 1.807) is 5.38 Å². The molecule has 1 heterocycles. The molecule has 0 amide bonds. The van der Waals surface area contributed by atoms with E-state index in [0.717, 1.165) is 17.0 Å². The second-order valence-electron chi connectivity index (χ2n) is 3.37. The van der Waals surface area contributed by atoms with Crippen molar-refractivity contribution in [2.24, 2.45) is 0 Å². The first-order valence-corrected chi connectivity index (χ1v) is 5.87. The zero-order valence-electron chi connectivity index (χ0n) is 8.97. The van der Waals surface area contributed by atoms with Gasteiger partial charge in [0.1, 0.15) is 6.61 Å². The van der Waals surface area contributed by atoms with E-state index in [1.807, 2.05) is 0 Å². The lowest BCUT2D eigenvalue weighted by Gasteiger charge is -2.07. The molecule has 0 aromatic carbocycles. The molecule has 98 valence electrons. The number of alkyl halides is 3. The molecule has 1 aromatic rings. The van der Waals surface area contributed by atoms with Gasteiger partial charge in [0.15, 0.2) is 0 Å². The number of rotatable bonds is 7. The van der Waals surface area contributed by atoms with Crippen LogP contribution in [0.5, 0.6) is 0 Å². The van der Waals surface area contributed by atoms with Crippen LogP contribution in [-0.4, -0.2) is 30.9 Å². The van der Waals surface area contributed by atoms with Crippen molar-refractivity contribution in [2.75, 3.05) is 19.8 Å². The van der Waals surface area contributed by atoms with Crippen LogP contribution in [0, 0.1) is 0 Å². The third-order valence-corrected chi connectivity index (χ3v) is 2.51. The maximum atomic E-state index is 11.7. The maximum absolute atomic E-state index is 11.7. The van der Waals surface area contributed by atoms with Gasteiger partial charge in [-0.25, -0.2) is 0 Å². The predicted octanol–water partition coefficient (Wildman–Crippen LogP) is 1.50. The fourth-order valence-electron chi connectivity index (χ4n) is 1.11. The van der Waals surface area contributed by atoms with Crippen LogP contribution >= 0.6 is 11.3 Å². The highest BCUT2D eigenvalue weighted by molar-refractivity contribution is 7.07. The molecule has 0 bridgehead atoms. The molecule has 0 aliphatic heterocycles. The Labute approximate surface area is 99.8 Å². The van der Waals surface area contributed by atoms with Crippen molar-refractivity contribution in [3.8, 4) is 0 Å². The Balaban J connectivity index is 1.96. The van der Waals surface area contributed by atoms with Crippen LogP contribution in [0.4, 0.5) is 13.2 Å². The first kappa shape index (κ1) is 14.2. The molecule has 0 aliphatic carbocycles. The van der Waals surface area contributed by atoms with Crippen molar-refractivity contribution < 1.29 is 17.9 Å². The summed E-state index contributed by atoms with van der Waals surface area (Å²) in [7, 11) is 0. The molecule has 0 saturated heterocycles. The van der Waals surface area contributed by atoms with E-state index in [0.29, 0.717) is 19.5 Å². The van der Waals surface area contributed by atoms with Gasteiger partial charge in [-0.15, -0.1) is 0 Å². The summed E-state index contributed by atoms with van der Waals surface area (Å²) in [6.45, 7) is -0.106. The molecule has 0 unspecified atom stereocenters. The second kappa shape index (κ2) is 6.77. The van der Waals surface area contributed by atoms with E-state index >= 15 is 0 Å². The van der Waals surface area contributed by atoms with Gasteiger partial charge < -0.3 is 15.0 Å². The monoisotopic (exact) mass is 270 g/mol. The number of hydrogen-bond donors (Lipinski definition) is 2. The molecule has 0 spiro atoms. The molecule has 8 heteroatoms. The molecular weight excluding hydrogens is 257 g/mol. The number of halogens is 3.